The standard InChI is InChI=1S/C2H5NO2.C2H4OP.V/c1-5-2(3)4;1-4-2-3;/h1H3,(H2,3,4);4H,1H3;/q;-1;+2/p-1. The van der Waals surface area contributed by atoms with Gasteiger partial charge < -0.3 is 15.3 Å². The molecule has 1 atom stereocenters. The SMILES string of the molecule is COC([NH-])=O.CP[C-]=O.[V+2]. The largest absolute Gasteiger partial charge is 2.00 e. The van der Waals surface area contributed by atoms with Crippen LogP contribution in [0.5, 0.6) is 0 Å². The molecule has 4 nitrogen and oxygen atoms in total. The summed E-state index contributed by atoms with van der Waals surface area (Å²) in [7, 11) is 1.50. The van der Waals surface area contributed by atoms with Crippen LogP contribution >= 0.6 is 8.58 Å². The topological polar surface area (TPSA) is 67.2 Å². The van der Waals surface area contributed by atoms with E-state index in [9.17, 15) is 4.79 Å². The average molecular weight is 200 g/mol. The third-order valence-electron chi connectivity index (χ3n) is 0.287. The van der Waals surface area contributed by atoms with Crippen molar-refractivity contribution in [3.63, 3.8) is 0 Å². The Bertz CT molecular complexity index is 90.6. The van der Waals surface area contributed by atoms with Crippen LogP contribution in [0.2, 0.25) is 0 Å². The van der Waals surface area contributed by atoms with Gasteiger partial charge in [-0.25, -0.2) is 6.03 Å². The van der Waals surface area contributed by atoms with E-state index in [1.165, 1.54) is 0 Å². The zero-order valence-electron chi connectivity index (χ0n) is 5.67. The second-order valence-electron chi connectivity index (χ2n) is 0.844. The van der Waals surface area contributed by atoms with Gasteiger partial charge in [-0.1, -0.05) is 6.66 Å². The molecule has 0 saturated carbocycles. The van der Waals surface area contributed by atoms with Gasteiger partial charge in [0.2, 0.25) is 6.09 Å². The maximum absolute atomic E-state index is 9.26. The number of methoxy groups -OCH3 is 1. The minimum absolute atomic E-state index is 0. The molecule has 6 heteroatoms. The Hall–Kier alpha value is -0.0456. The van der Waals surface area contributed by atoms with E-state index in [1.807, 2.05) is 0 Å². The second-order valence-corrected chi connectivity index (χ2v) is 1.55. The van der Waals surface area contributed by atoms with Crippen LogP contribution in [0.3, 0.4) is 0 Å². The summed E-state index contributed by atoms with van der Waals surface area (Å²) in [6.45, 7) is 1.78. The average Bonchev–Trinajstić information content (AvgIpc) is 1.89. The third-order valence-corrected chi connectivity index (χ3v) is 0.492. The zero-order chi connectivity index (χ0) is 7.70. The monoisotopic (exact) mass is 200 g/mol. The fourth-order valence-corrected chi connectivity index (χ4v) is 0. The van der Waals surface area contributed by atoms with E-state index >= 15 is 0 Å². The smallest absolute Gasteiger partial charge is 0.632 e. The van der Waals surface area contributed by atoms with Crippen molar-refractivity contribution in [3.05, 3.63) is 5.73 Å². The van der Waals surface area contributed by atoms with Gasteiger partial charge >= 0.3 is 18.6 Å². The zero-order valence-corrected chi connectivity index (χ0v) is 8.07. The number of ether oxygens (including phenoxy) is 1. The van der Waals surface area contributed by atoms with E-state index in [0.717, 1.165) is 7.11 Å². The Labute approximate surface area is 73.5 Å². The fourth-order valence-electron chi connectivity index (χ4n) is 0. The number of carbonyl (C=O) groups is 1. The summed E-state index contributed by atoms with van der Waals surface area (Å²) in [5.41, 5.74) is 5.97. The molecule has 0 rings (SSSR count). The molecular weight excluding hydrogens is 192 g/mol. The predicted octanol–water partition coefficient (Wildman–Crippen LogP) is 1.16. The van der Waals surface area contributed by atoms with E-state index in [4.69, 9.17) is 10.5 Å². The van der Waals surface area contributed by atoms with E-state index in [2.05, 4.69) is 4.74 Å². The molecule has 0 bridgehead atoms. The molecule has 1 N–H and O–H groups in total. The minimum atomic E-state index is -0.995. The molecule has 0 aliphatic heterocycles. The van der Waals surface area contributed by atoms with Gasteiger partial charge in [0.05, 0.1) is 7.11 Å². The predicted molar refractivity (Wildman–Crippen MR) is 36.7 cm³/mol. The molecule has 0 fully saturated rings. The van der Waals surface area contributed by atoms with Crippen molar-refractivity contribution < 1.29 is 32.9 Å². The molecule has 0 aromatic heterocycles. The van der Waals surface area contributed by atoms with Crippen molar-refractivity contribution in [2.75, 3.05) is 13.8 Å². The Morgan fingerprint density at radius 3 is 1.90 bits per heavy atom. The summed E-state index contributed by atoms with van der Waals surface area (Å²) < 4.78 is 3.78. The molecule has 10 heavy (non-hydrogen) atoms. The molecular formula is C4H8NO3PV. The van der Waals surface area contributed by atoms with Crippen molar-refractivity contribution >= 4 is 20.7 Å². The molecule has 0 aliphatic carbocycles. The molecule has 1 amide bonds. The van der Waals surface area contributed by atoms with E-state index in [0.29, 0.717) is 8.58 Å². The Kier molecular flexibility index (Phi) is 26.4. The van der Waals surface area contributed by atoms with E-state index < -0.39 is 6.09 Å². The number of rotatable bonds is 1. The van der Waals surface area contributed by atoms with Crippen LogP contribution in [0.15, 0.2) is 0 Å². The van der Waals surface area contributed by atoms with Crippen LogP contribution < -0.4 is 0 Å². The first-order valence-electron chi connectivity index (χ1n) is 2.02. The van der Waals surface area contributed by atoms with Gasteiger partial charge in [0.25, 0.3) is 0 Å². The van der Waals surface area contributed by atoms with Gasteiger partial charge in [-0.2, -0.15) is 0 Å². The van der Waals surface area contributed by atoms with Gasteiger partial charge in [0.1, 0.15) is 0 Å². The number of hydrogen-bond acceptors (Lipinski definition) is 3. The van der Waals surface area contributed by atoms with Crippen LogP contribution in [-0.2, 0) is 28.1 Å². The second kappa shape index (κ2) is 16.0. The summed E-state index contributed by atoms with van der Waals surface area (Å²) in [6.07, 6.45) is -0.995. The maximum Gasteiger partial charge on any atom is 2.00 e. The number of nitrogens with one attached hydrogen (secondary N) is 1. The molecule has 1 radical (unpaired) electrons. The summed E-state index contributed by atoms with van der Waals surface area (Å²) in [6, 6.07) is 1.71. The van der Waals surface area contributed by atoms with Crippen molar-refractivity contribution in [3.8, 4) is 0 Å². The van der Waals surface area contributed by atoms with Crippen LogP contribution in [0.1, 0.15) is 0 Å². The van der Waals surface area contributed by atoms with E-state index in [-0.39, 0.29) is 18.6 Å². The van der Waals surface area contributed by atoms with Crippen LogP contribution in [-0.4, -0.2) is 25.9 Å². The van der Waals surface area contributed by atoms with Gasteiger partial charge in [-0.05, 0) is 0 Å². The molecule has 0 heterocycles. The molecule has 0 aliphatic rings. The summed E-state index contributed by atoms with van der Waals surface area (Å²) in [5.74, 6) is 0. The van der Waals surface area contributed by atoms with Crippen molar-refractivity contribution in [1.29, 1.82) is 0 Å². The molecule has 0 aromatic carbocycles. The van der Waals surface area contributed by atoms with Crippen molar-refractivity contribution in [2.45, 2.75) is 0 Å². The number of amides is 1. The molecule has 0 aromatic rings. The minimum Gasteiger partial charge on any atom is -0.632 e. The Balaban J connectivity index is -0.0000000910. The molecule has 0 saturated heterocycles. The first-order valence-corrected chi connectivity index (χ1v) is 3.52. The quantitative estimate of drug-likeness (QED) is 0.471. The van der Waals surface area contributed by atoms with Gasteiger partial charge in [0.15, 0.2) is 0 Å². The first kappa shape index (κ1) is 16.5. The fraction of sp³-hybridized carbons (Fsp3) is 0.500. The van der Waals surface area contributed by atoms with Crippen molar-refractivity contribution in [1.82, 2.24) is 0 Å². The van der Waals surface area contributed by atoms with Crippen LogP contribution in [0, 0.1) is 0 Å². The van der Waals surface area contributed by atoms with Gasteiger partial charge in [-0.15, -0.1) is 0 Å². The molecule has 0 spiro atoms. The number of carbonyl (C=O) groups excluding carboxylic acids is 2. The summed E-state index contributed by atoms with van der Waals surface area (Å²) in [5, 5.41) is 0. The Morgan fingerprint density at radius 2 is 1.90 bits per heavy atom. The summed E-state index contributed by atoms with van der Waals surface area (Å²) >= 11 is 0. The number of hydrogen-bond donors (Lipinski definition) is 0. The normalized spacial score (nSPS) is 7.00. The first-order chi connectivity index (χ1) is 4.18. The molecule has 57 valence electrons. The Morgan fingerprint density at radius 1 is 1.70 bits per heavy atom. The maximum atomic E-state index is 9.26. The van der Waals surface area contributed by atoms with Crippen molar-refractivity contribution in [2.24, 2.45) is 0 Å². The van der Waals surface area contributed by atoms with Gasteiger partial charge in [-0.3, -0.25) is 13.4 Å². The summed E-state index contributed by atoms with van der Waals surface area (Å²) in [4.78, 5) is 18.3. The molecule has 1 unspecified atom stereocenters. The third kappa shape index (κ3) is 44.1. The van der Waals surface area contributed by atoms with Gasteiger partial charge in [0, 0.05) is 0 Å². The van der Waals surface area contributed by atoms with E-state index in [1.54, 1.807) is 12.7 Å². The van der Waals surface area contributed by atoms with Crippen LogP contribution in [0.4, 0.5) is 4.79 Å². The van der Waals surface area contributed by atoms with Crippen LogP contribution in [0.25, 0.3) is 5.73 Å².